The van der Waals surface area contributed by atoms with Gasteiger partial charge in [-0.2, -0.15) is 4.31 Å². The number of carboxylic acid groups (broad SMARTS) is 1. The van der Waals surface area contributed by atoms with Crippen LogP contribution >= 0.6 is 0 Å². The zero-order valence-corrected chi connectivity index (χ0v) is 15.0. The predicted molar refractivity (Wildman–Crippen MR) is 91.7 cm³/mol. The van der Waals surface area contributed by atoms with Gasteiger partial charge in [-0.15, -0.1) is 0 Å². The largest absolute Gasteiger partial charge is 0.480 e. The Bertz CT molecular complexity index is 1060. The van der Waals surface area contributed by atoms with Gasteiger partial charge in [0.15, 0.2) is 9.84 Å². The van der Waals surface area contributed by atoms with E-state index in [0.29, 0.717) is 9.69 Å². The summed E-state index contributed by atoms with van der Waals surface area (Å²) in [6.07, 6.45) is -0.102. The number of sulfone groups is 1. The number of aliphatic hydroxyl groups is 1. The smallest absolute Gasteiger partial charge is 0.318 e. The lowest BCUT2D eigenvalue weighted by Gasteiger charge is -2.28. The van der Waals surface area contributed by atoms with E-state index in [2.05, 4.69) is 4.98 Å². The van der Waals surface area contributed by atoms with E-state index >= 15 is 0 Å². The van der Waals surface area contributed by atoms with Crippen molar-refractivity contribution in [3.63, 3.8) is 0 Å². The first-order valence-electron chi connectivity index (χ1n) is 7.58. The number of fused-ring (bicyclic) bond motifs is 1. The number of aliphatic hydroxyl groups excluding tert-OH is 1. The minimum absolute atomic E-state index is 0.140. The highest BCUT2D eigenvalue weighted by Gasteiger charge is 2.45. The number of carbonyl (C=O) groups is 1. The molecule has 1 saturated heterocycles. The minimum atomic E-state index is -4.42. The first kappa shape index (κ1) is 18.7. The summed E-state index contributed by atoms with van der Waals surface area (Å²) in [6, 6.07) is 6.31. The number of para-hydroxylation sites is 1. The lowest BCUT2D eigenvalue weighted by molar-refractivity contribution is -0.137. The molecule has 9 nitrogen and oxygen atoms in total. The molecule has 1 fully saturated rings. The van der Waals surface area contributed by atoms with E-state index in [1.807, 2.05) is 0 Å². The van der Waals surface area contributed by atoms with Crippen LogP contribution in [-0.2, 0) is 24.7 Å². The number of pyridine rings is 1. The van der Waals surface area contributed by atoms with Crippen LogP contribution in [0.15, 0.2) is 41.4 Å². The van der Waals surface area contributed by atoms with Gasteiger partial charge >= 0.3 is 5.97 Å². The highest BCUT2D eigenvalue weighted by Crippen LogP contribution is 2.28. The Morgan fingerprint density at radius 1 is 1.23 bits per heavy atom. The second kappa shape index (κ2) is 6.58. The average Bonchev–Trinajstić information content (AvgIpc) is 2.84. The van der Waals surface area contributed by atoms with E-state index in [9.17, 15) is 26.7 Å². The van der Waals surface area contributed by atoms with Crippen molar-refractivity contribution < 1.29 is 31.8 Å². The van der Waals surface area contributed by atoms with Crippen molar-refractivity contribution in [1.82, 2.24) is 9.29 Å². The van der Waals surface area contributed by atoms with Crippen molar-refractivity contribution >= 4 is 36.7 Å². The lowest BCUT2D eigenvalue weighted by atomic mass is 10.2. The first-order valence-corrected chi connectivity index (χ1v) is 10.8. The maximum Gasteiger partial charge on any atom is 0.318 e. The highest BCUT2D eigenvalue weighted by molar-refractivity contribution is 7.92. The molecule has 0 unspecified atom stereocenters. The first-order chi connectivity index (χ1) is 12.1. The van der Waals surface area contributed by atoms with Crippen LogP contribution < -0.4 is 0 Å². The molecular weight excluding hydrogens is 384 g/mol. The third kappa shape index (κ3) is 3.43. The highest BCUT2D eigenvalue weighted by atomic mass is 32.2. The number of nitrogens with zero attached hydrogens (tertiary/aromatic N) is 2. The fraction of sp³-hybridized carbons (Fsp3) is 0.333. The van der Waals surface area contributed by atoms with Crippen molar-refractivity contribution in [2.75, 3.05) is 18.1 Å². The van der Waals surface area contributed by atoms with Crippen LogP contribution in [0.3, 0.4) is 0 Å². The van der Waals surface area contributed by atoms with Gasteiger partial charge in [0.1, 0.15) is 11.4 Å². The standard InChI is InChI=1S/C15H16N2O7S2/c18-12-9-25(21,22)8-11(12)17(7-14(19)20)26(23,24)13-5-1-3-10-4-2-6-16-15(10)13/h1-6,11-12,18H,7-9H2,(H,19,20)/t11-,12+/m1/s1. The molecule has 3 rings (SSSR count). The Morgan fingerprint density at radius 2 is 1.92 bits per heavy atom. The zero-order chi connectivity index (χ0) is 19.1. The van der Waals surface area contributed by atoms with Gasteiger partial charge in [0.25, 0.3) is 0 Å². The Labute approximate surface area is 149 Å². The lowest BCUT2D eigenvalue weighted by Crippen LogP contribution is -2.48. The number of aromatic nitrogens is 1. The molecule has 11 heteroatoms. The summed E-state index contributed by atoms with van der Waals surface area (Å²) < 4.78 is 50.4. The van der Waals surface area contributed by atoms with Crippen molar-refractivity contribution in [2.24, 2.45) is 0 Å². The van der Waals surface area contributed by atoms with Gasteiger partial charge in [-0.25, -0.2) is 16.8 Å². The summed E-state index contributed by atoms with van der Waals surface area (Å²) in [5, 5.41) is 19.7. The third-order valence-corrected chi connectivity index (χ3v) is 7.74. The van der Waals surface area contributed by atoms with Gasteiger partial charge in [0.2, 0.25) is 10.0 Å². The normalized spacial score (nSPS) is 22.7. The molecule has 2 atom stereocenters. The Balaban J connectivity index is 2.15. The van der Waals surface area contributed by atoms with Gasteiger partial charge in [0.05, 0.1) is 29.2 Å². The summed E-state index contributed by atoms with van der Waals surface area (Å²) >= 11 is 0. The monoisotopic (exact) mass is 400 g/mol. The van der Waals surface area contributed by atoms with Gasteiger partial charge in [-0.1, -0.05) is 18.2 Å². The van der Waals surface area contributed by atoms with Gasteiger partial charge in [-0.3, -0.25) is 9.78 Å². The van der Waals surface area contributed by atoms with E-state index in [0.717, 1.165) is 0 Å². The van der Waals surface area contributed by atoms with Crippen LogP contribution in [0.5, 0.6) is 0 Å². The molecular formula is C15H16N2O7S2. The van der Waals surface area contributed by atoms with E-state index in [1.165, 1.54) is 18.3 Å². The minimum Gasteiger partial charge on any atom is -0.480 e. The summed E-state index contributed by atoms with van der Waals surface area (Å²) in [7, 11) is -8.10. The summed E-state index contributed by atoms with van der Waals surface area (Å²) in [5.74, 6) is -2.71. The number of sulfonamides is 1. The Kier molecular flexibility index (Phi) is 4.73. The second-order valence-corrected chi connectivity index (χ2v) is 10.00. The maximum absolute atomic E-state index is 13.1. The zero-order valence-electron chi connectivity index (χ0n) is 13.4. The molecule has 0 bridgehead atoms. The SMILES string of the molecule is O=C(O)CN([C@@H]1CS(=O)(=O)C[C@@H]1O)S(=O)(=O)c1cccc2cccnc12. The second-order valence-electron chi connectivity index (χ2n) is 5.99. The van der Waals surface area contributed by atoms with Gasteiger partial charge < -0.3 is 10.2 Å². The van der Waals surface area contributed by atoms with Crippen LogP contribution in [0.4, 0.5) is 0 Å². The van der Waals surface area contributed by atoms with Gasteiger partial charge in [0, 0.05) is 11.6 Å². The van der Waals surface area contributed by atoms with E-state index in [-0.39, 0.29) is 10.4 Å². The van der Waals surface area contributed by atoms with E-state index < -0.39 is 56.0 Å². The molecule has 1 aliphatic heterocycles. The predicted octanol–water partition coefficient (Wildman–Crippen LogP) is -0.532. The number of rotatable bonds is 5. The topological polar surface area (TPSA) is 142 Å². The van der Waals surface area contributed by atoms with Gasteiger partial charge in [-0.05, 0) is 12.1 Å². The van der Waals surface area contributed by atoms with E-state index in [1.54, 1.807) is 18.2 Å². The fourth-order valence-corrected chi connectivity index (χ4v) is 6.68. The molecule has 2 aromatic rings. The van der Waals surface area contributed by atoms with E-state index in [4.69, 9.17) is 5.11 Å². The van der Waals surface area contributed by atoms with Crippen LogP contribution in [0.25, 0.3) is 10.9 Å². The number of aliphatic carboxylic acids is 1. The maximum atomic E-state index is 13.1. The quantitative estimate of drug-likeness (QED) is 0.682. The van der Waals surface area contributed by atoms with Crippen LogP contribution in [0, 0.1) is 0 Å². The van der Waals surface area contributed by atoms with Crippen LogP contribution in [0.2, 0.25) is 0 Å². The van der Waals surface area contributed by atoms with Crippen molar-refractivity contribution in [3.8, 4) is 0 Å². The molecule has 0 saturated carbocycles. The summed E-state index contributed by atoms with van der Waals surface area (Å²) in [4.78, 5) is 15.0. The Morgan fingerprint density at radius 3 is 2.54 bits per heavy atom. The number of hydrogen-bond acceptors (Lipinski definition) is 7. The van der Waals surface area contributed by atoms with Crippen molar-refractivity contribution in [1.29, 1.82) is 0 Å². The average molecular weight is 400 g/mol. The molecule has 2 N–H and O–H groups in total. The summed E-state index contributed by atoms with van der Waals surface area (Å²) in [6.45, 7) is -0.969. The molecule has 0 aliphatic carbocycles. The number of hydrogen-bond donors (Lipinski definition) is 2. The molecule has 0 radical (unpaired) electrons. The van der Waals surface area contributed by atoms with Crippen LogP contribution in [-0.4, -0.2) is 72.5 Å². The third-order valence-electron chi connectivity index (χ3n) is 4.14. The fourth-order valence-electron chi connectivity index (χ4n) is 3.01. The molecule has 1 aliphatic rings. The molecule has 1 aromatic heterocycles. The van der Waals surface area contributed by atoms with Crippen molar-refractivity contribution in [2.45, 2.75) is 17.0 Å². The molecule has 1 aromatic carbocycles. The molecule has 26 heavy (non-hydrogen) atoms. The molecule has 140 valence electrons. The molecule has 2 heterocycles. The summed E-state index contributed by atoms with van der Waals surface area (Å²) in [5.41, 5.74) is 0.140. The molecule has 0 amide bonds. The Hall–Kier alpha value is -2.08. The van der Waals surface area contributed by atoms with Crippen LogP contribution in [0.1, 0.15) is 0 Å². The number of carboxylic acids is 1. The molecule has 0 spiro atoms. The number of benzene rings is 1. The van der Waals surface area contributed by atoms with Crippen molar-refractivity contribution in [3.05, 3.63) is 36.5 Å².